The molecule has 1 amide bonds. The van der Waals surface area contributed by atoms with Crippen LogP contribution >= 0.6 is 11.3 Å². The number of hydrogen-bond acceptors (Lipinski definition) is 7. The number of carbonyl (C=O) groups is 2. The van der Waals surface area contributed by atoms with Crippen LogP contribution in [0.25, 0.3) is 11.0 Å². The number of rotatable bonds is 3. The second-order valence-corrected chi connectivity index (χ2v) is 8.68. The summed E-state index contributed by atoms with van der Waals surface area (Å²) in [6.45, 7) is 3.81. The zero-order valence-corrected chi connectivity index (χ0v) is 18.4. The predicted octanol–water partition coefficient (Wildman–Crippen LogP) is 4.40. The Balaban J connectivity index is 1.76. The van der Waals surface area contributed by atoms with Gasteiger partial charge < -0.3 is 9.15 Å². The first-order valence-electron chi connectivity index (χ1n) is 9.92. The molecule has 5 rings (SSSR count). The number of fused-ring (bicyclic) bond motifs is 2. The van der Waals surface area contributed by atoms with Crippen molar-refractivity contribution in [1.29, 1.82) is 0 Å². The molecule has 2 aromatic carbocycles. The van der Waals surface area contributed by atoms with Crippen LogP contribution in [-0.2, 0) is 4.74 Å². The molecule has 1 atom stereocenters. The standard InChI is InChI=1S/C24H18N2O5S/c1-12-13(2)32-24(25-12)26-19(14-8-10-15(11-9-14)23(29)30-3)18-20(27)16-6-4-5-7-17(16)31-21(18)22(26)28/h4-11,19H,1-3H3/t19-/m0/s1. The van der Waals surface area contributed by atoms with Crippen LogP contribution in [0.5, 0.6) is 0 Å². The number of thiazole rings is 1. The summed E-state index contributed by atoms with van der Waals surface area (Å²) < 4.78 is 10.7. The first-order chi connectivity index (χ1) is 15.4. The lowest BCUT2D eigenvalue weighted by Crippen LogP contribution is -2.29. The molecule has 1 aliphatic heterocycles. The van der Waals surface area contributed by atoms with E-state index in [1.165, 1.54) is 23.3 Å². The molecular formula is C24H18N2O5S. The lowest BCUT2D eigenvalue weighted by atomic mass is 9.98. The summed E-state index contributed by atoms with van der Waals surface area (Å²) in [5.41, 5.74) is 2.22. The normalized spacial score (nSPS) is 15.3. The first kappa shape index (κ1) is 20.1. The number of methoxy groups -OCH3 is 1. The Morgan fingerprint density at radius 3 is 2.47 bits per heavy atom. The van der Waals surface area contributed by atoms with E-state index in [1.807, 2.05) is 13.8 Å². The molecule has 0 radical (unpaired) electrons. The van der Waals surface area contributed by atoms with Crippen molar-refractivity contribution in [1.82, 2.24) is 4.98 Å². The van der Waals surface area contributed by atoms with E-state index in [-0.39, 0.29) is 16.8 Å². The fraction of sp³-hybridized carbons (Fsp3) is 0.167. The molecule has 0 saturated carbocycles. The molecule has 4 aromatic rings. The van der Waals surface area contributed by atoms with Crippen LogP contribution in [0.1, 0.15) is 48.7 Å². The summed E-state index contributed by atoms with van der Waals surface area (Å²) in [5.74, 6) is -0.868. The smallest absolute Gasteiger partial charge is 0.337 e. The maximum Gasteiger partial charge on any atom is 0.337 e. The number of anilines is 1. The summed E-state index contributed by atoms with van der Waals surface area (Å²) in [5, 5.41) is 0.894. The first-order valence-corrected chi connectivity index (χ1v) is 10.7. The Labute approximate surface area is 186 Å². The molecule has 3 heterocycles. The lowest BCUT2D eigenvalue weighted by molar-refractivity contribution is 0.0600. The van der Waals surface area contributed by atoms with Crippen LogP contribution in [0.4, 0.5) is 5.13 Å². The van der Waals surface area contributed by atoms with Gasteiger partial charge in [0.2, 0.25) is 5.76 Å². The number of hydrogen-bond donors (Lipinski definition) is 0. The molecule has 2 aromatic heterocycles. The Morgan fingerprint density at radius 1 is 1.09 bits per heavy atom. The van der Waals surface area contributed by atoms with Crippen molar-refractivity contribution in [2.45, 2.75) is 19.9 Å². The Morgan fingerprint density at radius 2 is 1.81 bits per heavy atom. The number of carbonyl (C=O) groups excluding carboxylic acids is 2. The molecule has 7 nitrogen and oxygen atoms in total. The van der Waals surface area contributed by atoms with E-state index in [9.17, 15) is 14.4 Å². The molecule has 160 valence electrons. The van der Waals surface area contributed by atoms with Crippen LogP contribution in [0, 0.1) is 13.8 Å². The minimum atomic E-state index is -0.727. The van der Waals surface area contributed by atoms with Gasteiger partial charge in [-0.2, -0.15) is 0 Å². The zero-order valence-electron chi connectivity index (χ0n) is 17.5. The highest BCUT2D eigenvalue weighted by atomic mass is 32.1. The topological polar surface area (TPSA) is 89.7 Å². The minimum Gasteiger partial charge on any atom is -0.465 e. The number of esters is 1. The van der Waals surface area contributed by atoms with Crippen molar-refractivity contribution in [3.05, 3.63) is 91.8 Å². The highest BCUT2D eigenvalue weighted by Gasteiger charge is 2.45. The molecule has 0 spiro atoms. The Bertz CT molecular complexity index is 1430. The van der Waals surface area contributed by atoms with E-state index in [4.69, 9.17) is 9.15 Å². The van der Waals surface area contributed by atoms with Crippen molar-refractivity contribution >= 4 is 39.3 Å². The number of ether oxygens (including phenoxy) is 1. The van der Waals surface area contributed by atoms with Gasteiger partial charge in [0, 0.05) is 4.88 Å². The fourth-order valence-electron chi connectivity index (χ4n) is 3.91. The third-order valence-corrected chi connectivity index (χ3v) is 6.72. The summed E-state index contributed by atoms with van der Waals surface area (Å²) >= 11 is 1.38. The number of nitrogens with zero attached hydrogens (tertiary/aromatic N) is 2. The number of amides is 1. The fourth-order valence-corrected chi connectivity index (χ4v) is 4.85. The minimum absolute atomic E-state index is 0.0150. The van der Waals surface area contributed by atoms with Gasteiger partial charge in [-0.25, -0.2) is 9.78 Å². The van der Waals surface area contributed by atoms with E-state index in [0.717, 1.165) is 10.6 Å². The number of aromatic nitrogens is 1. The van der Waals surface area contributed by atoms with Crippen molar-refractivity contribution in [3.8, 4) is 0 Å². The molecule has 0 aliphatic carbocycles. The maximum atomic E-state index is 13.5. The predicted molar refractivity (Wildman–Crippen MR) is 121 cm³/mol. The van der Waals surface area contributed by atoms with Crippen molar-refractivity contribution in [2.75, 3.05) is 12.0 Å². The summed E-state index contributed by atoms with van der Waals surface area (Å²) in [7, 11) is 1.31. The van der Waals surface area contributed by atoms with Crippen LogP contribution in [0.15, 0.2) is 57.7 Å². The quantitative estimate of drug-likeness (QED) is 0.433. The number of benzene rings is 2. The van der Waals surface area contributed by atoms with Gasteiger partial charge in [-0.15, -0.1) is 11.3 Å². The highest BCUT2D eigenvalue weighted by molar-refractivity contribution is 7.15. The van der Waals surface area contributed by atoms with Gasteiger partial charge in [-0.1, -0.05) is 24.3 Å². The van der Waals surface area contributed by atoms with Gasteiger partial charge in [-0.3, -0.25) is 14.5 Å². The van der Waals surface area contributed by atoms with E-state index in [2.05, 4.69) is 4.98 Å². The van der Waals surface area contributed by atoms with Crippen molar-refractivity contribution < 1.29 is 18.7 Å². The third-order valence-electron chi connectivity index (χ3n) is 5.65. The van der Waals surface area contributed by atoms with Crippen LogP contribution in [-0.4, -0.2) is 24.0 Å². The second-order valence-electron chi connectivity index (χ2n) is 7.50. The van der Waals surface area contributed by atoms with E-state index >= 15 is 0 Å². The highest BCUT2D eigenvalue weighted by Crippen LogP contribution is 2.42. The average molecular weight is 446 g/mol. The SMILES string of the molecule is COC(=O)c1ccc([C@H]2c3c(oc4ccccc4c3=O)C(=O)N2c2nc(C)c(C)s2)cc1. The van der Waals surface area contributed by atoms with Gasteiger partial charge >= 0.3 is 5.97 Å². The van der Waals surface area contributed by atoms with Gasteiger partial charge in [0.05, 0.1) is 35.4 Å². The van der Waals surface area contributed by atoms with Crippen molar-refractivity contribution in [2.24, 2.45) is 0 Å². The van der Waals surface area contributed by atoms with E-state index < -0.39 is 17.9 Å². The maximum absolute atomic E-state index is 13.5. The summed E-state index contributed by atoms with van der Waals surface area (Å²) in [6, 6.07) is 12.8. The van der Waals surface area contributed by atoms with Crippen LogP contribution in [0.2, 0.25) is 0 Å². The molecule has 0 N–H and O–H groups in total. The van der Waals surface area contributed by atoms with Gasteiger partial charge in [0.1, 0.15) is 5.58 Å². The second kappa shape index (κ2) is 7.42. The Hall–Kier alpha value is -3.78. The van der Waals surface area contributed by atoms with Gasteiger partial charge in [0.25, 0.3) is 5.91 Å². The summed E-state index contributed by atoms with van der Waals surface area (Å²) in [6.07, 6.45) is 0. The van der Waals surface area contributed by atoms with Gasteiger partial charge in [0.15, 0.2) is 10.6 Å². The lowest BCUT2D eigenvalue weighted by Gasteiger charge is -2.22. The zero-order chi connectivity index (χ0) is 22.6. The largest absolute Gasteiger partial charge is 0.465 e. The van der Waals surface area contributed by atoms with Crippen LogP contribution < -0.4 is 10.3 Å². The molecule has 0 fully saturated rings. The Kier molecular flexibility index (Phi) is 4.67. The van der Waals surface area contributed by atoms with Crippen molar-refractivity contribution in [3.63, 3.8) is 0 Å². The number of para-hydroxylation sites is 1. The molecule has 0 bridgehead atoms. The molecule has 1 aliphatic rings. The molecular weight excluding hydrogens is 428 g/mol. The monoisotopic (exact) mass is 446 g/mol. The van der Waals surface area contributed by atoms with Gasteiger partial charge in [-0.05, 0) is 43.7 Å². The molecule has 8 heteroatoms. The molecule has 32 heavy (non-hydrogen) atoms. The molecule has 0 unspecified atom stereocenters. The third kappa shape index (κ3) is 2.95. The van der Waals surface area contributed by atoms with Crippen LogP contribution in [0.3, 0.4) is 0 Å². The molecule has 0 saturated heterocycles. The van der Waals surface area contributed by atoms with E-state index in [1.54, 1.807) is 48.5 Å². The van der Waals surface area contributed by atoms with E-state index in [0.29, 0.717) is 27.2 Å². The summed E-state index contributed by atoms with van der Waals surface area (Å²) in [4.78, 5) is 45.9. The number of aryl methyl sites for hydroxylation is 2. The average Bonchev–Trinajstić information content (AvgIpc) is 3.29.